The Hall–Kier alpha value is -2.50. The van der Waals surface area contributed by atoms with Crippen LogP contribution in [-0.2, 0) is 6.54 Å². The largest absolute Gasteiger partial charge is 0.494 e. The molecule has 0 atom stereocenters. The number of carbonyl (C=O) groups is 1. The van der Waals surface area contributed by atoms with Crippen molar-refractivity contribution in [2.75, 3.05) is 19.9 Å². The summed E-state index contributed by atoms with van der Waals surface area (Å²) in [4.78, 5) is 14.0. The Balaban J connectivity index is 2.20. The third-order valence-electron chi connectivity index (χ3n) is 2.90. The summed E-state index contributed by atoms with van der Waals surface area (Å²) in [6, 6.07) is 6.89. The first kappa shape index (κ1) is 13.9. The van der Waals surface area contributed by atoms with Crippen molar-refractivity contribution in [3.8, 4) is 5.75 Å². The molecular formula is C14H17N3O3. The van der Waals surface area contributed by atoms with Gasteiger partial charge < -0.3 is 19.9 Å². The molecule has 0 saturated carbocycles. The van der Waals surface area contributed by atoms with E-state index in [4.69, 9.17) is 15.0 Å². The van der Waals surface area contributed by atoms with Gasteiger partial charge in [-0.1, -0.05) is 11.2 Å². The zero-order valence-corrected chi connectivity index (χ0v) is 11.7. The monoisotopic (exact) mass is 275 g/mol. The maximum Gasteiger partial charge on any atom is 0.257 e. The average Bonchev–Trinajstić information content (AvgIpc) is 2.82. The van der Waals surface area contributed by atoms with Crippen LogP contribution in [0.4, 0.5) is 5.69 Å². The number of methoxy groups -OCH3 is 1. The van der Waals surface area contributed by atoms with Gasteiger partial charge >= 0.3 is 0 Å². The van der Waals surface area contributed by atoms with Crippen LogP contribution in [0.5, 0.6) is 5.75 Å². The van der Waals surface area contributed by atoms with E-state index in [-0.39, 0.29) is 5.91 Å². The second-order valence-corrected chi connectivity index (χ2v) is 4.52. The predicted molar refractivity (Wildman–Crippen MR) is 74.4 cm³/mol. The van der Waals surface area contributed by atoms with E-state index < -0.39 is 0 Å². The van der Waals surface area contributed by atoms with Gasteiger partial charge in [-0.3, -0.25) is 4.79 Å². The van der Waals surface area contributed by atoms with Crippen LogP contribution < -0.4 is 10.5 Å². The average molecular weight is 275 g/mol. The lowest BCUT2D eigenvalue weighted by atomic mass is 10.1. The van der Waals surface area contributed by atoms with Crippen molar-refractivity contribution in [2.24, 2.45) is 0 Å². The summed E-state index contributed by atoms with van der Waals surface area (Å²) >= 11 is 0. The summed E-state index contributed by atoms with van der Waals surface area (Å²) < 4.78 is 10.2. The molecule has 0 spiro atoms. The number of hydrogen-bond acceptors (Lipinski definition) is 5. The van der Waals surface area contributed by atoms with Crippen LogP contribution in [0.3, 0.4) is 0 Å². The quantitative estimate of drug-likeness (QED) is 0.861. The van der Waals surface area contributed by atoms with E-state index in [1.54, 1.807) is 38.2 Å². The number of nitrogens with zero attached hydrogens (tertiary/aromatic N) is 2. The second kappa shape index (κ2) is 5.64. The number of aryl methyl sites for hydroxylation is 1. The Morgan fingerprint density at radius 2 is 2.25 bits per heavy atom. The molecule has 0 aliphatic rings. The predicted octanol–water partition coefficient (Wildman–Crippen LogP) is 1.85. The van der Waals surface area contributed by atoms with E-state index >= 15 is 0 Å². The summed E-state index contributed by atoms with van der Waals surface area (Å²) in [5.41, 5.74) is 7.36. The standard InChI is InChI=1S/C14H17N3O3/c1-9-7-10(16-20-9)8-17(2)14(18)11-5-4-6-12(15)13(11)19-3/h4-7H,8,15H2,1-3H3. The van der Waals surface area contributed by atoms with Gasteiger partial charge in [-0.25, -0.2) is 0 Å². The number of nitrogen functional groups attached to an aromatic ring is 1. The zero-order valence-electron chi connectivity index (χ0n) is 11.7. The molecule has 20 heavy (non-hydrogen) atoms. The molecule has 0 fully saturated rings. The highest BCUT2D eigenvalue weighted by Crippen LogP contribution is 2.27. The molecule has 0 saturated heterocycles. The fourth-order valence-corrected chi connectivity index (χ4v) is 1.96. The Kier molecular flexibility index (Phi) is 3.93. The summed E-state index contributed by atoms with van der Waals surface area (Å²) in [5.74, 6) is 0.915. The molecule has 0 unspecified atom stereocenters. The number of aromatic nitrogens is 1. The van der Waals surface area contributed by atoms with Crippen LogP contribution in [0.2, 0.25) is 0 Å². The fraction of sp³-hybridized carbons (Fsp3) is 0.286. The fourth-order valence-electron chi connectivity index (χ4n) is 1.96. The number of ether oxygens (including phenoxy) is 1. The summed E-state index contributed by atoms with van der Waals surface area (Å²) in [7, 11) is 3.18. The Bertz CT molecular complexity index is 622. The number of benzene rings is 1. The number of carbonyl (C=O) groups excluding carboxylic acids is 1. The van der Waals surface area contributed by atoms with Crippen LogP contribution in [0, 0.1) is 6.92 Å². The maximum atomic E-state index is 12.4. The lowest BCUT2D eigenvalue weighted by Crippen LogP contribution is -2.27. The van der Waals surface area contributed by atoms with Crippen LogP contribution in [0.15, 0.2) is 28.8 Å². The normalized spacial score (nSPS) is 10.3. The highest BCUT2D eigenvalue weighted by molar-refractivity contribution is 5.98. The van der Waals surface area contributed by atoms with E-state index in [1.807, 2.05) is 0 Å². The Morgan fingerprint density at radius 3 is 2.85 bits per heavy atom. The van der Waals surface area contributed by atoms with Crippen LogP contribution in [0.1, 0.15) is 21.8 Å². The third-order valence-corrected chi connectivity index (χ3v) is 2.90. The van der Waals surface area contributed by atoms with Crippen LogP contribution >= 0.6 is 0 Å². The molecule has 6 heteroatoms. The first-order valence-corrected chi connectivity index (χ1v) is 6.13. The first-order valence-electron chi connectivity index (χ1n) is 6.13. The van der Waals surface area contributed by atoms with E-state index in [2.05, 4.69) is 5.16 Å². The molecule has 0 radical (unpaired) electrons. The number of rotatable bonds is 4. The van der Waals surface area contributed by atoms with Gasteiger partial charge in [0.1, 0.15) is 11.5 Å². The molecule has 106 valence electrons. The highest BCUT2D eigenvalue weighted by atomic mass is 16.5. The molecule has 1 amide bonds. The summed E-state index contributed by atoms with van der Waals surface area (Å²) in [6.07, 6.45) is 0. The Morgan fingerprint density at radius 1 is 1.50 bits per heavy atom. The van der Waals surface area contributed by atoms with Gasteiger partial charge in [-0.05, 0) is 19.1 Å². The molecule has 6 nitrogen and oxygen atoms in total. The molecule has 0 bridgehead atoms. The molecule has 0 aliphatic heterocycles. The number of nitrogens with two attached hydrogens (primary N) is 1. The van der Waals surface area contributed by atoms with E-state index in [9.17, 15) is 4.79 Å². The van der Waals surface area contributed by atoms with Crippen molar-refractivity contribution in [1.82, 2.24) is 10.1 Å². The minimum Gasteiger partial charge on any atom is -0.494 e. The smallest absolute Gasteiger partial charge is 0.257 e. The highest BCUT2D eigenvalue weighted by Gasteiger charge is 2.19. The van der Waals surface area contributed by atoms with Gasteiger partial charge in [-0.2, -0.15) is 0 Å². The molecule has 1 aromatic heterocycles. The van der Waals surface area contributed by atoms with Crippen molar-refractivity contribution < 1.29 is 14.1 Å². The van der Waals surface area contributed by atoms with Gasteiger partial charge in [0.15, 0.2) is 5.75 Å². The molecule has 2 rings (SSSR count). The van der Waals surface area contributed by atoms with Crippen molar-refractivity contribution in [1.29, 1.82) is 0 Å². The van der Waals surface area contributed by atoms with Crippen molar-refractivity contribution in [3.63, 3.8) is 0 Å². The van der Waals surface area contributed by atoms with E-state index in [0.717, 1.165) is 0 Å². The number of para-hydroxylation sites is 1. The van der Waals surface area contributed by atoms with Gasteiger partial charge in [-0.15, -0.1) is 0 Å². The molecule has 1 aromatic carbocycles. The minimum absolute atomic E-state index is 0.185. The zero-order chi connectivity index (χ0) is 14.7. The number of amides is 1. The topological polar surface area (TPSA) is 81.6 Å². The van der Waals surface area contributed by atoms with Gasteiger partial charge in [0.2, 0.25) is 0 Å². The van der Waals surface area contributed by atoms with E-state index in [0.29, 0.717) is 35.0 Å². The summed E-state index contributed by atoms with van der Waals surface area (Å²) in [5, 5.41) is 3.87. The number of hydrogen-bond donors (Lipinski definition) is 1. The van der Waals surface area contributed by atoms with Gasteiger partial charge in [0, 0.05) is 13.1 Å². The van der Waals surface area contributed by atoms with Crippen LogP contribution in [0.25, 0.3) is 0 Å². The second-order valence-electron chi connectivity index (χ2n) is 4.52. The number of anilines is 1. The molecule has 0 aliphatic carbocycles. The maximum absolute atomic E-state index is 12.4. The third kappa shape index (κ3) is 2.74. The van der Waals surface area contributed by atoms with Gasteiger partial charge in [0.25, 0.3) is 5.91 Å². The van der Waals surface area contributed by atoms with E-state index in [1.165, 1.54) is 12.0 Å². The SMILES string of the molecule is COc1c(N)cccc1C(=O)N(C)Cc1cc(C)on1. The lowest BCUT2D eigenvalue weighted by molar-refractivity contribution is 0.0779. The minimum atomic E-state index is -0.185. The first-order chi connectivity index (χ1) is 9.52. The van der Waals surface area contributed by atoms with Crippen molar-refractivity contribution in [3.05, 3.63) is 41.3 Å². The summed E-state index contributed by atoms with van der Waals surface area (Å²) in [6.45, 7) is 2.16. The van der Waals surface area contributed by atoms with Gasteiger partial charge in [0.05, 0.1) is 24.9 Å². The molecule has 2 aromatic rings. The van der Waals surface area contributed by atoms with Crippen molar-refractivity contribution >= 4 is 11.6 Å². The molecular weight excluding hydrogens is 258 g/mol. The molecule has 2 N–H and O–H groups in total. The molecule has 1 heterocycles. The Labute approximate surface area is 117 Å². The van der Waals surface area contributed by atoms with Crippen LogP contribution in [-0.4, -0.2) is 30.1 Å². The lowest BCUT2D eigenvalue weighted by Gasteiger charge is -2.18. The van der Waals surface area contributed by atoms with Crippen molar-refractivity contribution in [2.45, 2.75) is 13.5 Å².